The number of hydrogen-bond acceptors (Lipinski definition) is 7. The smallest absolute Gasteiger partial charge is 0.262 e. The Bertz CT molecular complexity index is 928. The summed E-state index contributed by atoms with van der Waals surface area (Å²) < 4.78 is 5.90. The first kappa shape index (κ1) is 19.3. The van der Waals surface area contributed by atoms with Crippen molar-refractivity contribution in [3.8, 4) is 0 Å². The van der Waals surface area contributed by atoms with Crippen molar-refractivity contribution in [2.45, 2.75) is 44.0 Å². The van der Waals surface area contributed by atoms with Crippen molar-refractivity contribution in [1.29, 1.82) is 0 Å². The van der Waals surface area contributed by atoms with Crippen LogP contribution < -0.4 is 16.0 Å². The molecule has 0 aliphatic carbocycles. The first-order chi connectivity index (χ1) is 14.5. The van der Waals surface area contributed by atoms with E-state index in [2.05, 4.69) is 16.0 Å². The quantitative estimate of drug-likeness (QED) is 0.561. The summed E-state index contributed by atoms with van der Waals surface area (Å²) in [4.78, 5) is 50.7. The van der Waals surface area contributed by atoms with Crippen molar-refractivity contribution in [2.24, 2.45) is 5.92 Å². The molecular formula is C21H24N4O5. The van der Waals surface area contributed by atoms with E-state index < -0.39 is 23.8 Å². The van der Waals surface area contributed by atoms with E-state index in [0.717, 1.165) is 30.0 Å². The van der Waals surface area contributed by atoms with Gasteiger partial charge in [0.15, 0.2) is 0 Å². The number of nitrogens with zero attached hydrogens (tertiary/aromatic N) is 1. The van der Waals surface area contributed by atoms with Crippen LogP contribution in [0.1, 0.15) is 45.5 Å². The SMILES string of the molecule is O=C1CCC(N2C(=O)c3cccc(CNC4COC(C5CNC5)C4)c3C2=O)C(=O)N1. The van der Waals surface area contributed by atoms with E-state index in [-0.39, 0.29) is 30.9 Å². The van der Waals surface area contributed by atoms with E-state index in [4.69, 9.17) is 4.74 Å². The number of rotatable bonds is 5. The van der Waals surface area contributed by atoms with Crippen molar-refractivity contribution in [3.63, 3.8) is 0 Å². The standard InChI is InChI=1S/C21H24N4O5/c26-17-5-4-15(19(27)24-17)25-20(28)14-3-1-2-11(18(14)21(25)29)9-23-13-6-16(30-10-13)12-7-22-8-12/h1-3,12-13,15-16,22-23H,4-10H2,(H,24,26,27). The largest absolute Gasteiger partial charge is 0.376 e. The molecule has 0 spiro atoms. The maximum absolute atomic E-state index is 13.1. The summed E-state index contributed by atoms with van der Waals surface area (Å²) in [5, 5.41) is 8.94. The summed E-state index contributed by atoms with van der Waals surface area (Å²) in [7, 11) is 0. The van der Waals surface area contributed by atoms with Crippen LogP contribution in [-0.2, 0) is 20.9 Å². The molecule has 30 heavy (non-hydrogen) atoms. The normalized spacial score (nSPS) is 29.2. The zero-order chi connectivity index (χ0) is 20.8. The number of carbonyl (C=O) groups excluding carboxylic acids is 4. The third-order valence-corrected chi connectivity index (χ3v) is 6.50. The highest BCUT2D eigenvalue weighted by atomic mass is 16.5. The molecule has 5 rings (SSSR count). The minimum Gasteiger partial charge on any atom is -0.376 e. The Hall–Kier alpha value is -2.62. The van der Waals surface area contributed by atoms with Gasteiger partial charge in [-0.25, -0.2) is 0 Å². The molecule has 158 valence electrons. The van der Waals surface area contributed by atoms with Crippen LogP contribution in [0.2, 0.25) is 0 Å². The third-order valence-electron chi connectivity index (χ3n) is 6.50. The fourth-order valence-electron chi connectivity index (χ4n) is 4.69. The van der Waals surface area contributed by atoms with Crippen molar-refractivity contribution < 1.29 is 23.9 Å². The van der Waals surface area contributed by atoms with Gasteiger partial charge in [-0.05, 0) is 24.5 Å². The average Bonchev–Trinajstić information content (AvgIpc) is 3.23. The molecule has 1 aromatic rings. The van der Waals surface area contributed by atoms with Gasteiger partial charge >= 0.3 is 0 Å². The topological polar surface area (TPSA) is 117 Å². The Kier molecular flexibility index (Phi) is 4.88. The predicted octanol–water partition coefficient (Wildman–Crippen LogP) is -0.446. The highest BCUT2D eigenvalue weighted by Gasteiger charge is 2.45. The number of benzene rings is 1. The summed E-state index contributed by atoms with van der Waals surface area (Å²) in [6.45, 7) is 3.06. The summed E-state index contributed by atoms with van der Waals surface area (Å²) in [6.07, 6.45) is 1.45. The number of amides is 4. The van der Waals surface area contributed by atoms with Gasteiger partial charge < -0.3 is 15.4 Å². The molecule has 4 aliphatic heterocycles. The van der Waals surface area contributed by atoms with Crippen LogP contribution >= 0.6 is 0 Å². The van der Waals surface area contributed by atoms with Crippen molar-refractivity contribution in [1.82, 2.24) is 20.9 Å². The maximum atomic E-state index is 13.1. The molecule has 9 heteroatoms. The lowest BCUT2D eigenvalue weighted by Crippen LogP contribution is -2.54. The van der Waals surface area contributed by atoms with Gasteiger partial charge in [-0.3, -0.25) is 29.4 Å². The molecule has 3 fully saturated rings. The Balaban J connectivity index is 1.30. The van der Waals surface area contributed by atoms with E-state index in [9.17, 15) is 19.2 Å². The number of carbonyl (C=O) groups is 4. The van der Waals surface area contributed by atoms with Gasteiger partial charge in [0.1, 0.15) is 6.04 Å². The van der Waals surface area contributed by atoms with Crippen LogP contribution in [0, 0.1) is 5.92 Å². The van der Waals surface area contributed by atoms with Crippen LogP contribution in [-0.4, -0.2) is 66.4 Å². The Morgan fingerprint density at radius 1 is 1.13 bits per heavy atom. The monoisotopic (exact) mass is 412 g/mol. The van der Waals surface area contributed by atoms with Crippen molar-refractivity contribution in [2.75, 3.05) is 19.7 Å². The minimum absolute atomic E-state index is 0.109. The molecule has 0 radical (unpaired) electrons. The Morgan fingerprint density at radius 2 is 1.97 bits per heavy atom. The Morgan fingerprint density at radius 3 is 2.70 bits per heavy atom. The molecule has 3 atom stereocenters. The lowest BCUT2D eigenvalue weighted by Gasteiger charge is -2.31. The van der Waals surface area contributed by atoms with Crippen LogP contribution in [0.3, 0.4) is 0 Å². The van der Waals surface area contributed by atoms with Gasteiger partial charge in [0.05, 0.1) is 23.8 Å². The van der Waals surface area contributed by atoms with E-state index in [1.54, 1.807) is 12.1 Å². The molecular weight excluding hydrogens is 388 g/mol. The zero-order valence-corrected chi connectivity index (χ0v) is 16.5. The number of imide groups is 2. The van der Waals surface area contributed by atoms with E-state index in [1.165, 1.54) is 0 Å². The molecule has 3 unspecified atom stereocenters. The van der Waals surface area contributed by atoms with Crippen LogP contribution in [0.5, 0.6) is 0 Å². The van der Waals surface area contributed by atoms with Gasteiger partial charge in [-0.1, -0.05) is 12.1 Å². The second-order valence-electron chi connectivity index (χ2n) is 8.39. The van der Waals surface area contributed by atoms with Crippen LogP contribution in [0.4, 0.5) is 0 Å². The fourth-order valence-corrected chi connectivity index (χ4v) is 4.69. The second kappa shape index (κ2) is 7.57. The second-order valence-corrected chi connectivity index (χ2v) is 8.39. The predicted molar refractivity (Wildman–Crippen MR) is 104 cm³/mol. The van der Waals surface area contributed by atoms with Gasteiger partial charge in [0.2, 0.25) is 11.8 Å². The molecule has 9 nitrogen and oxygen atoms in total. The summed E-state index contributed by atoms with van der Waals surface area (Å²) in [5.74, 6) is -1.36. The molecule has 3 N–H and O–H groups in total. The third kappa shape index (κ3) is 3.23. The summed E-state index contributed by atoms with van der Waals surface area (Å²) in [5.41, 5.74) is 1.39. The van der Waals surface area contributed by atoms with Gasteiger partial charge in [0, 0.05) is 38.0 Å². The van der Waals surface area contributed by atoms with Gasteiger partial charge in [0.25, 0.3) is 11.8 Å². The molecule has 4 heterocycles. The number of nitrogens with one attached hydrogen (secondary N) is 3. The average molecular weight is 412 g/mol. The fraction of sp³-hybridized carbons (Fsp3) is 0.524. The summed E-state index contributed by atoms with van der Waals surface area (Å²) in [6, 6.07) is 4.45. The molecule has 4 aliphatic rings. The molecule has 0 aromatic heterocycles. The molecule has 1 aromatic carbocycles. The van der Waals surface area contributed by atoms with E-state index in [1.807, 2.05) is 6.07 Å². The first-order valence-corrected chi connectivity index (χ1v) is 10.4. The van der Waals surface area contributed by atoms with Gasteiger partial charge in [-0.2, -0.15) is 0 Å². The number of hydrogen-bond donors (Lipinski definition) is 3. The lowest BCUT2D eigenvalue weighted by molar-refractivity contribution is -0.136. The number of ether oxygens (including phenoxy) is 1. The molecule has 0 saturated carbocycles. The zero-order valence-electron chi connectivity index (χ0n) is 16.5. The number of fused-ring (bicyclic) bond motifs is 1. The van der Waals surface area contributed by atoms with Crippen LogP contribution in [0.15, 0.2) is 18.2 Å². The molecule has 3 saturated heterocycles. The lowest BCUT2D eigenvalue weighted by atomic mass is 9.93. The van der Waals surface area contributed by atoms with Gasteiger partial charge in [-0.15, -0.1) is 0 Å². The van der Waals surface area contributed by atoms with E-state index >= 15 is 0 Å². The molecule has 0 bridgehead atoms. The minimum atomic E-state index is -0.948. The van der Waals surface area contributed by atoms with E-state index in [0.29, 0.717) is 30.2 Å². The maximum Gasteiger partial charge on any atom is 0.262 e. The highest BCUT2D eigenvalue weighted by molar-refractivity contribution is 6.24. The Labute approximate surface area is 173 Å². The van der Waals surface area contributed by atoms with Crippen molar-refractivity contribution in [3.05, 3.63) is 34.9 Å². The summed E-state index contributed by atoms with van der Waals surface area (Å²) >= 11 is 0. The molecule has 4 amide bonds. The van der Waals surface area contributed by atoms with Crippen LogP contribution in [0.25, 0.3) is 0 Å². The first-order valence-electron chi connectivity index (χ1n) is 10.4. The van der Waals surface area contributed by atoms with Crippen molar-refractivity contribution >= 4 is 23.6 Å². The number of piperidine rings is 1. The highest BCUT2D eigenvalue weighted by Crippen LogP contribution is 2.30.